The number of carbonyl (C=O) groups is 2. The summed E-state index contributed by atoms with van der Waals surface area (Å²) in [4.78, 5) is 24.4. The maximum Gasteiger partial charge on any atom is 0.310 e. The molecule has 2 aromatic rings. The van der Waals surface area contributed by atoms with Gasteiger partial charge < -0.3 is 9.15 Å². The van der Waals surface area contributed by atoms with E-state index in [0.29, 0.717) is 6.42 Å². The third kappa shape index (κ3) is 3.95. The van der Waals surface area contributed by atoms with Crippen LogP contribution >= 0.6 is 11.8 Å². The fourth-order valence-electron chi connectivity index (χ4n) is 3.89. The van der Waals surface area contributed by atoms with Crippen molar-refractivity contribution < 1.29 is 18.7 Å². The summed E-state index contributed by atoms with van der Waals surface area (Å²) in [7, 11) is 0. The van der Waals surface area contributed by atoms with Gasteiger partial charge in [0.2, 0.25) is 5.12 Å². The molecule has 1 aliphatic heterocycles. The van der Waals surface area contributed by atoms with E-state index in [1.807, 2.05) is 30.3 Å². The highest BCUT2D eigenvalue weighted by molar-refractivity contribution is 8.14. The second kappa shape index (κ2) is 7.63. The number of hydrogen-bond donors (Lipinski definition) is 0. The lowest BCUT2D eigenvalue weighted by atomic mass is 10.1. The summed E-state index contributed by atoms with van der Waals surface area (Å²) in [5.74, 6) is 1.39. The molecule has 2 fully saturated rings. The van der Waals surface area contributed by atoms with Crippen molar-refractivity contribution in [3.63, 3.8) is 0 Å². The number of thioether (sulfide) groups is 1. The maximum absolute atomic E-state index is 12.6. The lowest BCUT2D eigenvalue weighted by Crippen LogP contribution is -2.10. The monoisotopic (exact) mass is 396 g/mol. The van der Waals surface area contributed by atoms with Gasteiger partial charge >= 0.3 is 5.97 Å². The first-order valence-corrected chi connectivity index (χ1v) is 10.6. The predicted molar refractivity (Wildman–Crippen MR) is 109 cm³/mol. The minimum atomic E-state index is -0.198. The van der Waals surface area contributed by atoms with Crippen molar-refractivity contribution in [3.05, 3.63) is 71.2 Å². The zero-order valence-electron chi connectivity index (χ0n) is 16.1. The van der Waals surface area contributed by atoms with Gasteiger partial charge in [-0.2, -0.15) is 0 Å². The van der Waals surface area contributed by atoms with Gasteiger partial charge in [0.1, 0.15) is 12.4 Å². The van der Waals surface area contributed by atoms with Crippen molar-refractivity contribution in [1.29, 1.82) is 0 Å². The highest BCUT2D eigenvalue weighted by Crippen LogP contribution is 2.60. The normalized spacial score (nSPS) is 24.5. The standard InChI is InChI=1S/C23H24O4S/c1-23(2)19(12-17-8-9-28-22(17)25)20(23)21(24)27-14-16-11-18(26-13-16)10-15-6-4-3-5-7-15/h3-7,11-13,19-20H,8-10,14H2,1-2H3/b17-12+/t19-,20+/m0/s1. The van der Waals surface area contributed by atoms with Crippen LogP contribution in [0, 0.1) is 17.3 Å². The van der Waals surface area contributed by atoms with Gasteiger partial charge in [-0.15, -0.1) is 0 Å². The fourth-order valence-corrected chi connectivity index (χ4v) is 4.75. The van der Waals surface area contributed by atoms with Crippen LogP contribution in [0.15, 0.2) is 58.7 Å². The van der Waals surface area contributed by atoms with E-state index in [0.717, 1.165) is 29.1 Å². The predicted octanol–water partition coefficient (Wildman–Crippen LogP) is 4.78. The third-order valence-corrected chi connectivity index (χ3v) is 6.66. The fraction of sp³-hybridized carbons (Fsp3) is 0.391. The summed E-state index contributed by atoms with van der Waals surface area (Å²) < 4.78 is 11.2. The van der Waals surface area contributed by atoms with E-state index in [1.165, 1.54) is 17.3 Å². The van der Waals surface area contributed by atoms with E-state index in [-0.39, 0.29) is 34.9 Å². The van der Waals surface area contributed by atoms with E-state index in [4.69, 9.17) is 9.15 Å². The summed E-state index contributed by atoms with van der Waals surface area (Å²) in [5, 5.41) is 0.152. The van der Waals surface area contributed by atoms with Crippen LogP contribution in [0.5, 0.6) is 0 Å². The van der Waals surface area contributed by atoms with Crippen LogP contribution in [0.4, 0.5) is 0 Å². The molecular weight excluding hydrogens is 372 g/mol. The number of ether oxygens (including phenoxy) is 1. The molecule has 1 aromatic heterocycles. The van der Waals surface area contributed by atoms with Crippen molar-refractivity contribution in [1.82, 2.24) is 0 Å². The van der Waals surface area contributed by atoms with Gasteiger partial charge in [-0.1, -0.05) is 62.0 Å². The van der Waals surface area contributed by atoms with Crippen molar-refractivity contribution in [2.45, 2.75) is 33.3 Å². The molecule has 1 saturated carbocycles. The van der Waals surface area contributed by atoms with Crippen molar-refractivity contribution in [3.8, 4) is 0 Å². The summed E-state index contributed by atoms with van der Waals surface area (Å²) in [6.07, 6.45) is 5.17. The molecule has 0 bridgehead atoms. The SMILES string of the molecule is CC1(C)[C@@H](/C=C2\CCSC2=O)[C@@H]1C(=O)OCc1coc(Cc2ccccc2)c1. The van der Waals surface area contributed by atoms with Gasteiger partial charge in [0.15, 0.2) is 0 Å². The molecule has 1 saturated heterocycles. The molecule has 1 aromatic carbocycles. The van der Waals surface area contributed by atoms with Gasteiger partial charge in [0, 0.05) is 23.3 Å². The Balaban J connectivity index is 1.33. The molecule has 28 heavy (non-hydrogen) atoms. The average molecular weight is 397 g/mol. The number of allylic oxidation sites excluding steroid dienone is 1. The highest BCUT2D eigenvalue weighted by atomic mass is 32.2. The molecule has 2 atom stereocenters. The largest absolute Gasteiger partial charge is 0.469 e. The molecule has 4 nitrogen and oxygen atoms in total. The van der Waals surface area contributed by atoms with E-state index in [1.54, 1.807) is 6.26 Å². The lowest BCUT2D eigenvalue weighted by molar-refractivity contribution is -0.147. The Kier molecular flexibility index (Phi) is 5.19. The third-order valence-electron chi connectivity index (χ3n) is 5.72. The summed E-state index contributed by atoms with van der Waals surface area (Å²) in [6, 6.07) is 12.0. The van der Waals surface area contributed by atoms with Gasteiger partial charge in [-0.05, 0) is 29.4 Å². The number of carbonyl (C=O) groups excluding carboxylic acids is 2. The zero-order chi connectivity index (χ0) is 19.7. The molecule has 5 heteroatoms. The Bertz CT molecular complexity index is 910. The molecule has 4 rings (SSSR count). The molecule has 0 N–H and O–H groups in total. The molecule has 0 unspecified atom stereocenters. The Labute approximate surface area is 169 Å². The Hall–Kier alpha value is -2.27. The van der Waals surface area contributed by atoms with Crippen LogP contribution in [0.1, 0.15) is 37.2 Å². The molecule has 2 aliphatic rings. The molecule has 0 amide bonds. The molecule has 0 radical (unpaired) electrons. The van der Waals surface area contributed by atoms with Crippen LogP contribution in [0.25, 0.3) is 0 Å². The van der Waals surface area contributed by atoms with Gasteiger partial charge in [0.25, 0.3) is 0 Å². The van der Waals surface area contributed by atoms with Crippen molar-refractivity contribution in [2.75, 3.05) is 5.75 Å². The number of benzene rings is 1. The van der Waals surface area contributed by atoms with E-state index in [2.05, 4.69) is 26.0 Å². The minimum absolute atomic E-state index is 0.0793. The molecule has 146 valence electrons. The van der Waals surface area contributed by atoms with Crippen molar-refractivity contribution in [2.24, 2.45) is 17.3 Å². The Morgan fingerprint density at radius 2 is 2.07 bits per heavy atom. The highest BCUT2D eigenvalue weighted by Gasteiger charge is 2.61. The average Bonchev–Trinajstić information content (AvgIpc) is 3.03. The number of rotatable bonds is 6. The number of hydrogen-bond acceptors (Lipinski definition) is 5. The van der Waals surface area contributed by atoms with Crippen LogP contribution in [-0.4, -0.2) is 16.8 Å². The van der Waals surface area contributed by atoms with Gasteiger partial charge in [-0.3, -0.25) is 9.59 Å². The van der Waals surface area contributed by atoms with Gasteiger partial charge in [-0.25, -0.2) is 0 Å². The minimum Gasteiger partial charge on any atom is -0.469 e. The second-order valence-corrected chi connectivity index (χ2v) is 9.16. The molecule has 1 aliphatic carbocycles. The first-order valence-electron chi connectivity index (χ1n) is 9.60. The smallest absolute Gasteiger partial charge is 0.310 e. The molecule has 2 heterocycles. The Morgan fingerprint density at radius 3 is 2.79 bits per heavy atom. The van der Waals surface area contributed by atoms with E-state index < -0.39 is 0 Å². The van der Waals surface area contributed by atoms with Crippen LogP contribution in [-0.2, 0) is 27.4 Å². The van der Waals surface area contributed by atoms with Crippen LogP contribution in [0.3, 0.4) is 0 Å². The number of furan rings is 1. The second-order valence-electron chi connectivity index (χ2n) is 8.09. The lowest BCUT2D eigenvalue weighted by Gasteiger charge is -2.03. The van der Waals surface area contributed by atoms with Gasteiger partial charge in [0.05, 0.1) is 12.2 Å². The Morgan fingerprint density at radius 1 is 1.29 bits per heavy atom. The topological polar surface area (TPSA) is 56.5 Å². The summed E-state index contributed by atoms with van der Waals surface area (Å²) >= 11 is 1.36. The quantitative estimate of drug-likeness (QED) is 0.520. The van der Waals surface area contributed by atoms with Crippen molar-refractivity contribution >= 4 is 22.8 Å². The summed E-state index contributed by atoms with van der Waals surface area (Å²) in [6.45, 7) is 4.33. The maximum atomic E-state index is 12.6. The summed E-state index contributed by atoms with van der Waals surface area (Å²) in [5.41, 5.74) is 2.73. The molecular formula is C23H24O4S. The first-order chi connectivity index (χ1) is 13.4. The molecule has 0 spiro atoms. The van der Waals surface area contributed by atoms with Crippen LogP contribution in [0.2, 0.25) is 0 Å². The van der Waals surface area contributed by atoms with E-state index >= 15 is 0 Å². The van der Waals surface area contributed by atoms with E-state index in [9.17, 15) is 9.59 Å². The number of esters is 1. The van der Waals surface area contributed by atoms with Crippen LogP contribution < -0.4 is 0 Å². The first kappa shape index (κ1) is 19.1. The zero-order valence-corrected chi connectivity index (χ0v) is 17.0.